The molecule has 1 aromatic heterocycles. The molecule has 0 fully saturated rings. The van der Waals surface area contributed by atoms with Gasteiger partial charge in [-0.15, -0.1) is 11.3 Å². The van der Waals surface area contributed by atoms with Gasteiger partial charge < -0.3 is 0 Å². The minimum absolute atomic E-state index is 0.247. The predicted octanol–water partition coefficient (Wildman–Crippen LogP) is 2.72. The van der Waals surface area contributed by atoms with Gasteiger partial charge >= 0.3 is 0 Å². The summed E-state index contributed by atoms with van der Waals surface area (Å²) in [6, 6.07) is 8.06. The normalized spacial score (nSPS) is 11.7. The average Bonchev–Trinajstić information content (AvgIpc) is 2.88. The maximum absolute atomic E-state index is 13.1. The molecule has 0 amide bonds. The molecule has 0 unspecified atom stereocenters. The lowest BCUT2D eigenvalue weighted by Gasteiger charge is -2.06. The number of nitrogens with one attached hydrogen (secondary N) is 1. The lowest BCUT2D eigenvalue weighted by Crippen LogP contribution is -2.25. The van der Waals surface area contributed by atoms with E-state index in [1.54, 1.807) is 36.6 Å². The number of aryl methyl sites for hydroxylation is 1. The van der Waals surface area contributed by atoms with Gasteiger partial charge in [0.25, 0.3) is 0 Å². The molecule has 0 aliphatic carbocycles. The Morgan fingerprint density at radius 1 is 1.32 bits per heavy atom. The molecule has 1 aromatic carbocycles. The molecule has 2 aromatic rings. The van der Waals surface area contributed by atoms with Crippen molar-refractivity contribution in [1.82, 2.24) is 4.72 Å². The van der Waals surface area contributed by atoms with Crippen LogP contribution in [0.4, 0.5) is 4.39 Å². The predicted molar refractivity (Wildman–Crippen MR) is 74.3 cm³/mol. The number of thiophene rings is 1. The molecule has 0 radical (unpaired) electrons. The highest BCUT2D eigenvalue weighted by molar-refractivity contribution is 7.91. The van der Waals surface area contributed by atoms with E-state index < -0.39 is 10.0 Å². The minimum atomic E-state index is -3.41. The van der Waals surface area contributed by atoms with Crippen LogP contribution in [-0.4, -0.2) is 15.0 Å². The highest BCUT2D eigenvalue weighted by atomic mass is 32.2. The molecule has 6 heteroatoms. The van der Waals surface area contributed by atoms with Crippen LogP contribution in [0.5, 0.6) is 0 Å². The van der Waals surface area contributed by atoms with Gasteiger partial charge in [-0.1, -0.05) is 18.2 Å². The molecule has 0 spiro atoms. The van der Waals surface area contributed by atoms with Gasteiger partial charge in [0.2, 0.25) is 10.0 Å². The topological polar surface area (TPSA) is 46.2 Å². The van der Waals surface area contributed by atoms with Crippen molar-refractivity contribution in [2.45, 2.75) is 17.6 Å². The van der Waals surface area contributed by atoms with E-state index in [4.69, 9.17) is 0 Å². The van der Waals surface area contributed by atoms with Gasteiger partial charge in [-0.3, -0.25) is 0 Å². The highest BCUT2D eigenvalue weighted by Crippen LogP contribution is 2.15. The SMILES string of the molecule is Cc1cc(CCNS(=O)(=O)c2cccs2)ccc1F. The Bertz CT molecular complexity index is 651. The van der Waals surface area contributed by atoms with Crippen molar-refractivity contribution in [1.29, 1.82) is 0 Å². The maximum atomic E-state index is 13.1. The van der Waals surface area contributed by atoms with Crippen molar-refractivity contribution >= 4 is 21.4 Å². The number of halogens is 1. The molecule has 102 valence electrons. The second-order valence-electron chi connectivity index (χ2n) is 4.16. The largest absolute Gasteiger partial charge is 0.250 e. The van der Waals surface area contributed by atoms with Gasteiger partial charge in [-0.2, -0.15) is 0 Å². The first-order valence-electron chi connectivity index (χ1n) is 5.77. The summed E-state index contributed by atoms with van der Waals surface area (Å²) in [5, 5.41) is 1.72. The third-order valence-electron chi connectivity index (χ3n) is 2.69. The van der Waals surface area contributed by atoms with Gasteiger partial charge in [-0.05, 0) is 42.0 Å². The van der Waals surface area contributed by atoms with E-state index >= 15 is 0 Å². The van der Waals surface area contributed by atoms with E-state index in [1.807, 2.05) is 0 Å². The molecule has 0 bridgehead atoms. The van der Waals surface area contributed by atoms with Crippen LogP contribution < -0.4 is 4.72 Å². The summed E-state index contributed by atoms with van der Waals surface area (Å²) < 4.78 is 39.6. The molecule has 1 N–H and O–H groups in total. The van der Waals surface area contributed by atoms with Crippen LogP contribution in [0, 0.1) is 12.7 Å². The Morgan fingerprint density at radius 3 is 2.74 bits per heavy atom. The maximum Gasteiger partial charge on any atom is 0.250 e. The van der Waals surface area contributed by atoms with Crippen LogP contribution in [0.1, 0.15) is 11.1 Å². The molecule has 3 nitrogen and oxygen atoms in total. The number of rotatable bonds is 5. The molecule has 1 heterocycles. The van der Waals surface area contributed by atoms with E-state index in [2.05, 4.69) is 4.72 Å². The first-order chi connectivity index (χ1) is 8.99. The van der Waals surface area contributed by atoms with E-state index in [0.29, 0.717) is 22.7 Å². The molecular formula is C13H14FNO2S2. The Kier molecular flexibility index (Phi) is 4.34. The number of hydrogen-bond acceptors (Lipinski definition) is 3. The van der Waals surface area contributed by atoms with Gasteiger partial charge in [-0.25, -0.2) is 17.5 Å². The van der Waals surface area contributed by atoms with Gasteiger partial charge in [0.1, 0.15) is 10.0 Å². The van der Waals surface area contributed by atoms with E-state index in [-0.39, 0.29) is 5.82 Å². The zero-order valence-corrected chi connectivity index (χ0v) is 12.0. The van der Waals surface area contributed by atoms with Crippen LogP contribution >= 0.6 is 11.3 Å². The Balaban J connectivity index is 1.95. The summed E-state index contributed by atoms with van der Waals surface area (Å²) in [4.78, 5) is 0. The molecule has 19 heavy (non-hydrogen) atoms. The second kappa shape index (κ2) is 5.81. The van der Waals surface area contributed by atoms with Gasteiger partial charge in [0, 0.05) is 6.54 Å². The summed E-state index contributed by atoms with van der Waals surface area (Å²) in [5.41, 5.74) is 1.48. The smallest absolute Gasteiger partial charge is 0.210 e. The zero-order chi connectivity index (χ0) is 13.9. The van der Waals surface area contributed by atoms with E-state index in [9.17, 15) is 12.8 Å². The molecule has 0 atom stereocenters. The summed E-state index contributed by atoms with van der Waals surface area (Å²) >= 11 is 1.18. The van der Waals surface area contributed by atoms with Crippen LogP contribution in [0.2, 0.25) is 0 Å². The molecule has 0 saturated carbocycles. The van der Waals surface area contributed by atoms with Crippen molar-refractivity contribution in [3.63, 3.8) is 0 Å². The third-order valence-corrected chi connectivity index (χ3v) is 5.55. The van der Waals surface area contributed by atoms with Crippen LogP contribution in [-0.2, 0) is 16.4 Å². The Labute approximate surface area is 116 Å². The van der Waals surface area contributed by atoms with Crippen molar-refractivity contribution in [3.05, 3.63) is 52.7 Å². The summed E-state index contributed by atoms with van der Waals surface area (Å²) in [5.74, 6) is -0.247. The standard InChI is InChI=1S/C13H14FNO2S2/c1-10-9-11(4-5-12(10)14)6-7-15-19(16,17)13-3-2-8-18-13/h2-5,8-9,15H,6-7H2,1H3. The van der Waals surface area contributed by atoms with Crippen molar-refractivity contribution in [2.24, 2.45) is 0 Å². The Hall–Kier alpha value is -1.24. The zero-order valence-electron chi connectivity index (χ0n) is 10.4. The van der Waals surface area contributed by atoms with Crippen LogP contribution in [0.15, 0.2) is 39.9 Å². The van der Waals surface area contributed by atoms with Crippen molar-refractivity contribution < 1.29 is 12.8 Å². The monoisotopic (exact) mass is 299 g/mol. The third kappa shape index (κ3) is 3.62. The fourth-order valence-electron chi connectivity index (χ4n) is 1.68. The molecule has 0 saturated heterocycles. The number of hydrogen-bond donors (Lipinski definition) is 1. The number of benzene rings is 1. The first-order valence-corrected chi connectivity index (χ1v) is 8.13. The average molecular weight is 299 g/mol. The van der Waals surface area contributed by atoms with Crippen molar-refractivity contribution in [2.75, 3.05) is 6.54 Å². The fraction of sp³-hybridized carbons (Fsp3) is 0.231. The van der Waals surface area contributed by atoms with E-state index in [1.165, 1.54) is 17.4 Å². The van der Waals surface area contributed by atoms with E-state index in [0.717, 1.165) is 5.56 Å². The summed E-state index contributed by atoms with van der Waals surface area (Å²) in [7, 11) is -3.41. The lowest BCUT2D eigenvalue weighted by molar-refractivity contribution is 0.583. The van der Waals surface area contributed by atoms with Gasteiger partial charge in [0.15, 0.2) is 0 Å². The van der Waals surface area contributed by atoms with Crippen molar-refractivity contribution in [3.8, 4) is 0 Å². The first kappa shape index (κ1) is 14.2. The van der Waals surface area contributed by atoms with Crippen LogP contribution in [0.25, 0.3) is 0 Å². The molecular weight excluding hydrogens is 285 g/mol. The summed E-state index contributed by atoms with van der Waals surface area (Å²) in [6.07, 6.45) is 0.533. The lowest BCUT2D eigenvalue weighted by atomic mass is 10.1. The molecule has 2 rings (SSSR count). The highest BCUT2D eigenvalue weighted by Gasteiger charge is 2.13. The molecule has 0 aliphatic rings. The van der Waals surface area contributed by atoms with Crippen LogP contribution in [0.3, 0.4) is 0 Å². The number of sulfonamides is 1. The van der Waals surface area contributed by atoms with Gasteiger partial charge in [0.05, 0.1) is 0 Å². The summed E-state index contributed by atoms with van der Waals surface area (Å²) in [6.45, 7) is 1.99. The minimum Gasteiger partial charge on any atom is -0.210 e. The quantitative estimate of drug-likeness (QED) is 0.922. The molecule has 0 aliphatic heterocycles. The fourth-order valence-corrected chi connectivity index (χ4v) is 3.75. The Morgan fingerprint density at radius 2 is 2.11 bits per heavy atom. The second-order valence-corrected chi connectivity index (χ2v) is 7.10.